The zero-order valence-corrected chi connectivity index (χ0v) is 22.8. The first-order chi connectivity index (χ1) is 20.5. The SMILES string of the molecule is N=Cc1ccc(Nc2nc(OCC34CCCN3CCC4)nc3c(F)c(-c4cccc5cccc(F)c45)ncc23)cc1N. The average molecular weight is 566 g/mol. The van der Waals surface area contributed by atoms with Crippen LogP contribution in [0.3, 0.4) is 0 Å². The van der Waals surface area contributed by atoms with E-state index in [9.17, 15) is 4.39 Å². The van der Waals surface area contributed by atoms with Crippen molar-refractivity contribution in [3.05, 3.63) is 78.0 Å². The number of aromatic nitrogens is 3. The zero-order chi connectivity index (χ0) is 28.8. The Kier molecular flexibility index (Phi) is 6.42. The van der Waals surface area contributed by atoms with Gasteiger partial charge in [0, 0.05) is 40.3 Å². The molecule has 2 aromatic heterocycles. The van der Waals surface area contributed by atoms with Crippen molar-refractivity contribution in [1.82, 2.24) is 19.9 Å². The Balaban J connectivity index is 1.35. The maximum atomic E-state index is 16.4. The van der Waals surface area contributed by atoms with Gasteiger partial charge in [-0.05, 0) is 68.4 Å². The predicted molar refractivity (Wildman–Crippen MR) is 160 cm³/mol. The third-order valence-electron chi connectivity index (χ3n) is 8.56. The predicted octanol–water partition coefficient (Wildman–Crippen LogP) is 6.45. The van der Waals surface area contributed by atoms with Crippen molar-refractivity contribution in [1.29, 1.82) is 5.41 Å². The highest BCUT2D eigenvalue weighted by molar-refractivity contribution is 5.99. The molecule has 3 aromatic carbocycles. The molecule has 10 heteroatoms. The molecule has 0 bridgehead atoms. The summed E-state index contributed by atoms with van der Waals surface area (Å²) in [7, 11) is 0. The van der Waals surface area contributed by atoms with Crippen LogP contribution in [0.1, 0.15) is 31.2 Å². The van der Waals surface area contributed by atoms with E-state index in [4.69, 9.17) is 15.9 Å². The van der Waals surface area contributed by atoms with E-state index in [-0.39, 0.29) is 28.1 Å². The number of nitrogens with one attached hydrogen (secondary N) is 2. The minimum Gasteiger partial charge on any atom is -0.461 e. The van der Waals surface area contributed by atoms with E-state index in [1.807, 2.05) is 0 Å². The van der Waals surface area contributed by atoms with Gasteiger partial charge in [-0.2, -0.15) is 9.97 Å². The summed E-state index contributed by atoms with van der Waals surface area (Å²) < 4.78 is 37.6. The molecular formula is C32H29F2N7O. The summed E-state index contributed by atoms with van der Waals surface area (Å²) in [6.07, 6.45) is 6.99. The Hall–Kier alpha value is -4.70. The van der Waals surface area contributed by atoms with Gasteiger partial charge in [0.05, 0.1) is 10.9 Å². The molecule has 2 saturated heterocycles. The molecule has 8 nitrogen and oxygen atoms in total. The number of rotatable bonds is 7. The van der Waals surface area contributed by atoms with Crippen molar-refractivity contribution >= 4 is 45.1 Å². The van der Waals surface area contributed by atoms with E-state index in [0.717, 1.165) is 38.8 Å². The summed E-state index contributed by atoms with van der Waals surface area (Å²) in [5, 5.41) is 12.0. The fraction of sp³-hybridized carbons (Fsp3) is 0.250. The number of nitrogens with two attached hydrogens (primary N) is 1. The average Bonchev–Trinajstić information content (AvgIpc) is 3.57. The molecule has 0 aliphatic carbocycles. The van der Waals surface area contributed by atoms with Crippen LogP contribution in [-0.4, -0.2) is 51.3 Å². The van der Waals surface area contributed by atoms with Crippen molar-refractivity contribution in [3.63, 3.8) is 0 Å². The molecule has 0 amide bonds. The Labute approximate surface area is 241 Å². The molecule has 0 saturated carbocycles. The summed E-state index contributed by atoms with van der Waals surface area (Å²) >= 11 is 0. The first-order valence-electron chi connectivity index (χ1n) is 14.0. The lowest BCUT2D eigenvalue weighted by Crippen LogP contribution is -2.43. The first-order valence-corrected chi connectivity index (χ1v) is 14.0. The molecule has 5 aromatic rings. The van der Waals surface area contributed by atoms with Crippen LogP contribution in [0.2, 0.25) is 0 Å². The molecule has 0 spiro atoms. The van der Waals surface area contributed by atoms with E-state index < -0.39 is 11.6 Å². The molecule has 0 radical (unpaired) electrons. The third-order valence-corrected chi connectivity index (χ3v) is 8.56. The van der Waals surface area contributed by atoms with Gasteiger partial charge in [-0.1, -0.05) is 30.3 Å². The lowest BCUT2D eigenvalue weighted by molar-refractivity contribution is 0.108. The van der Waals surface area contributed by atoms with Gasteiger partial charge in [0.15, 0.2) is 5.82 Å². The van der Waals surface area contributed by atoms with Gasteiger partial charge in [-0.3, -0.25) is 9.88 Å². The third kappa shape index (κ3) is 4.39. The molecule has 2 aliphatic rings. The molecule has 0 atom stereocenters. The Morgan fingerprint density at radius 3 is 2.60 bits per heavy atom. The molecular weight excluding hydrogens is 536 g/mol. The zero-order valence-electron chi connectivity index (χ0n) is 22.8. The topological polar surface area (TPSA) is 113 Å². The first kappa shape index (κ1) is 26.2. The second kappa shape index (κ2) is 10.3. The van der Waals surface area contributed by atoms with Crippen LogP contribution in [-0.2, 0) is 0 Å². The smallest absolute Gasteiger partial charge is 0.319 e. The van der Waals surface area contributed by atoms with Crippen LogP contribution >= 0.6 is 0 Å². The van der Waals surface area contributed by atoms with Crippen LogP contribution in [0.15, 0.2) is 60.8 Å². The summed E-state index contributed by atoms with van der Waals surface area (Å²) in [6.45, 7) is 2.51. The fourth-order valence-electron chi connectivity index (χ4n) is 6.46. The number of hydrogen-bond acceptors (Lipinski definition) is 8. The number of hydrogen-bond donors (Lipinski definition) is 3. The van der Waals surface area contributed by atoms with Crippen LogP contribution in [0.4, 0.5) is 26.0 Å². The van der Waals surface area contributed by atoms with Crippen LogP contribution < -0.4 is 15.8 Å². The Morgan fingerprint density at radius 2 is 1.83 bits per heavy atom. The number of fused-ring (bicyclic) bond motifs is 3. The maximum absolute atomic E-state index is 16.4. The number of halogens is 2. The van der Waals surface area contributed by atoms with Crippen molar-refractivity contribution in [3.8, 4) is 17.3 Å². The van der Waals surface area contributed by atoms with Crippen molar-refractivity contribution in [2.24, 2.45) is 0 Å². The maximum Gasteiger partial charge on any atom is 0.319 e. The van der Waals surface area contributed by atoms with Gasteiger partial charge < -0.3 is 21.2 Å². The molecule has 212 valence electrons. The summed E-state index contributed by atoms with van der Waals surface area (Å²) in [4.78, 5) is 16.1. The second-order valence-corrected chi connectivity index (χ2v) is 11.0. The van der Waals surface area contributed by atoms with Gasteiger partial charge in [0.1, 0.15) is 29.5 Å². The monoisotopic (exact) mass is 565 g/mol. The quantitative estimate of drug-likeness (QED) is 0.153. The normalized spacial score (nSPS) is 16.1. The van der Waals surface area contributed by atoms with Crippen LogP contribution in [0.25, 0.3) is 32.9 Å². The number of pyridine rings is 1. The van der Waals surface area contributed by atoms with Crippen LogP contribution in [0, 0.1) is 17.0 Å². The number of ether oxygens (including phenoxy) is 1. The summed E-state index contributed by atoms with van der Waals surface area (Å²) in [5.74, 6) is -0.855. The number of benzene rings is 3. The van der Waals surface area contributed by atoms with Crippen LogP contribution in [0.5, 0.6) is 6.01 Å². The van der Waals surface area contributed by atoms with E-state index in [1.54, 1.807) is 48.5 Å². The molecule has 42 heavy (non-hydrogen) atoms. The minimum absolute atomic E-state index is 0.00950. The van der Waals surface area contributed by atoms with Crippen molar-refractivity contribution in [2.75, 3.05) is 30.7 Å². The second-order valence-electron chi connectivity index (χ2n) is 11.0. The van der Waals surface area contributed by atoms with Crippen molar-refractivity contribution in [2.45, 2.75) is 31.2 Å². The van der Waals surface area contributed by atoms with Gasteiger partial charge >= 0.3 is 6.01 Å². The van der Waals surface area contributed by atoms with E-state index in [2.05, 4.69) is 25.2 Å². The molecule has 2 fully saturated rings. The van der Waals surface area contributed by atoms with Gasteiger partial charge in [0.25, 0.3) is 0 Å². The number of nitrogens with zero attached hydrogens (tertiary/aromatic N) is 4. The molecule has 4 heterocycles. The van der Waals surface area contributed by atoms with E-state index in [1.165, 1.54) is 18.5 Å². The van der Waals surface area contributed by atoms with Gasteiger partial charge in [-0.25, -0.2) is 8.78 Å². The summed E-state index contributed by atoms with van der Waals surface area (Å²) in [6, 6.07) is 15.1. The molecule has 4 N–H and O–H groups in total. The minimum atomic E-state index is -0.696. The molecule has 7 rings (SSSR count). The van der Waals surface area contributed by atoms with Crippen molar-refractivity contribution < 1.29 is 13.5 Å². The lowest BCUT2D eigenvalue weighted by atomic mass is 9.95. The number of nitrogen functional groups attached to an aromatic ring is 1. The van der Waals surface area contributed by atoms with Gasteiger partial charge in [0.2, 0.25) is 0 Å². The van der Waals surface area contributed by atoms with Gasteiger partial charge in [-0.15, -0.1) is 0 Å². The fourth-order valence-corrected chi connectivity index (χ4v) is 6.46. The number of anilines is 3. The lowest BCUT2D eigenvalue weighted by Gasteiger charge is -2.31. The van der Waals surface area contributed by atoms with E-state index in [0.29, 0.717) is 45.7 Å². The highest BCUT2D eigenvalue weighted by Crippen LogP contribution is 2.40. The molecule has 2 aliphatic heterocycles. The Bertz CT molecular complexity index is 1850. The highest BCUT2D eigenvalue weighted by atomic mass is 19.1. The molecule has 0 unspecified atom stereocenters. The Morgan fingerprint density at radius 1 is 1.05 bits per heavy atom. The highest BCUT2D eigenvalue weighted by Gasteiger charge is 2.45. The summed E-state index contributed by atoms with van der Waals surface area (Å²) in [5.41, 5.74) is 7.98. The largest absolute Gasteiger partial charge is 0.461 e. The van der Waals surface area contributed by atoms with E-state index >= 15 is 4.39 Å². The standard InChI is InChI=1S/C32H29F2N7O/c33-24-8-2-6-19-5-1-7-22(26(19)24)28-27(34)29-23(17-37-28)30(38-21-10-9-20(16-35)25(36)15-21)40-31(39-29)42-18-32-11-3-13-41(32)14-4-12-32/h1-2,5-10,15-17,35H,3-4,11-14,18,36H2,(H,38,39,40).